The van der Waals surface area contributed by atoms with Crippen LogP contribution in [0.3, 0.4) is 0 Å². The number of halogens is 3. The molecule has 0 saturated carbocycles. The van der Waals surface area contributed by atoms with Crippen LogP contribution in [0.2, 0.25) is 0 Å². The Labute approximate surface area is 142 Å². The molecule has 2 heterocycles. The number of nitrogens with zero attached hydrogens (tertiary/aromatic N) is 3. The van der Waals surface area contributed by atoms with Gasteiger partial charge < -0.3 is 10.4 Å². The Hall–Kier alpha value is -2.61. The van der Waals surface area contributed by atoms with Crippen molar-refractivity contribution in [1.82, 2.24) is 14.6 Å². The van der Waals surface area contributed by atoms with E-state index < -0.39 is 11.7 Å². The van der Waals surface area contributed by atoms with E-state index in [4.69, 9.17) is 5.11 Å². The number of aliphatic hydroxyl groups excluding tert-OH is 1. The third-order valence-electron chi connectivity index (χ3n) is 3.74. The summed E-state index contributed by atoms with van der Waals surface area (Å²) in [5.74, 6) is 0.594. The van der Waals surface area contributed by atoms with Gasteiger partial charge in [-0.05, 0) is 37.1 Å². The lowest BCUT2D eigenvalue weighted by Crippen LogP contribution is -2.07. The quantitative estimate of drug-likeness (QED) is 0.667. The van der Waals surface area contributed by atoms with Gasteiger partial charge >= 0.3 is 6.18 Å². The maximum absolute atomic E-state index is 12.9. The van der Waals surface area contributed by atoms with Crippen LogP contribution in [-0.4, -0.2) is 32.9 Å². The number of hydrogen-bond donors (Lipinski definition) is 2. The predicted octanol–water partition coefficient (Wildman–Crippen LogP) is 3.60. The molecule has 0 amide bonds. The van der Waals surface area contributed by atoms with E-state index in [1.165, 1.54) is 16.8 Å². The standard InChI is InChI=1S/C17H17F3N4O/c18-17(19,20)13-5-3-4-12(10-13)14-11-22-16-7-6-15(23-24(14)16)21-8-1-2-9-25/h3-7,10-11,25H,1-2,8-9H2,(H,21,23). The van der Waals surface area contributed by atoms with E-state index >= 15 is 0 Å². The number of aromatic nitrogens is 3. The summed E-state index contributed by atoms with van der Waals surface area (Å²) in [4.78, 5) is 4.20. The number of imidazole rings is 1. The first-order valence-electron chi connectivity index (χ1n) is 7.86. The highest BCUT2D eigenvalue weighted by Gasteiger charge is 2.30. The Morgan fingerprint density at radius 2 is 1.96 bits per heavy atom. The highest BCUT2D eigenvalue weighted by atomic mass is 19.4. The zero-order valence-electron chi connectivity index (χ0n) is 13.3. The van der Waals surface area contributed by atoms with E-state index in [0.717, 1.165) is 18.6 Å². The van der Waals surface area contributed by atoms with Crippen LogP contribution in [0, 0.1) is 0 Å². The van der Waals surface area contributed by atoms with Crippen molar-refractivity contribution in [3.8, 4) is 11.3 Å². The maximum atomic E-state index is 12.9. The fraction of sp³-hybridized carbons (Fsp3) is 0.294. The molecule has 0 aliphatic rings. The largest absolute Gasteiger partial charge is 0.416 e. The van der Waals surface area contributed by atoms with Gasteiger partial charge in [-0.1, -0.05) is 12.1 Å². The molecule has 0 bridgehead atoms. The summed E-state index contributed by atoms with van der Waals surface area (Å²) in [6.45, 7) is 0.780. The second-order valence-corrected chi connectivity index (χ2v) is 5.57. The molecular weight excluding hydrogens is 333 g/mol. The van der Waals surface area contributed by atoms with E-state index in [1.807, 2.05) is 0 Å². The van der Waals surface area contributed by atoms with E-state index in [0.29, 0.717) is 35.7 Å². The Kier molecular flexibility index (Phi) is 4.89. The first kappa shape index (κ1) is 17.2. The molecule has 0 fully saturated rings. The highest BCUT2D eigenvalue weighted by molar-refractivity contribution is 5.64. The lowest BCUT2D eigenvalue weighted by molar-refractivity contribution is -0.137. The van der Waals surface area contributed by atoms with Crippen molar-refractivity contribution in [1.29, 1.82) is 0 Å². The third kappa shape index (κ3) is 3.90. The molecule has 0 radical (unpaired) electrons. The molecule has 0 spiro atoms. The van der Waals surface area contributed by atoms with Gasteiger partial charge in [0.1, 0.15) is 5.82 Å². The zero-order valence-corrected chi connectivity index (χ0v) is 13.3. The zero-order chi connectivity index (χ0) is 17.9. The molecule has 5 nitrogen and oxygen atoms in total. The number of nitrogens with one attached hydrogen (secondary N) is 1. The molecule has 132 valence electrons. The molecule has 2 N–H and O–H groups in total. The van der Waals surface area contributed by atoms with Crippen molar-refractivity contribution in [2.75, 3.05) is 18.5 Å². The van der Waals surface area contributed by atoms with Crippen LogP contribution in [0.15, 0.2) is 42.6 Å². The minimum Gasteiger partial charge on any atom is -0.396 e. The number of unbranched alkanes of at least 4 members (excludes halogenated alkanes) is 1. The van der Waals surface area contributed by atoms with Gasteiger partial charge in [-0.25, -0.2) is 9.50 Å². The van der Waals surface area contributed by atoms with Crippen LogP contribution < -0.4 is 5.32 Å². The SMILES string of the molecule is OCCCCNc1ccc2ncc(-c3cccc(C(F)(F)F)c3)n2n1. The lowest BCUT2D eigenvalue weighted by atomic mass is 10.1. The van der Waals surface area contributed by atoms with E-state index in [2.05, 4.69) is 15.4 Å². The van der Waals surface area contributed by atoms with Gasteiger partial charge in [0.15, 0.2) is 5.65 Å². The van der Waals surface area contributed by atoms with Gasteiger partial charge in [0.05, 0.1) is 17.5 Å². The summed E-state index contributed by atoms with van der Waals surface area (Å²) in [5.41, 5.74) is 0.721. The van der Waals surface area contributed by atoms with Crippen molar-refractivity contribution in [2.24, 2.45) is 0 Å². The van der Waals surface area contributed by atoms with Gasteiger partial charge in [-0.3, -0.25) is 0 Å². The fourth-order valence-corrected chi connectivity index (χ4v) is 2.47. The van der Waals surface area contributed by atoms with Crippen LogP contribution in [0.5, 0.6) is 0 Å². The first-order valence-corrected chi connectivity index (χ1v) is 7.86. The normalized spacial score (nSPS) is 11.8. The van der Waals surface area contributed by atoms with Crippen molar-refractivity contribution in [3.05, 3.63) is 48.2 Å². The highest BCUT2D eigenvalue weighted by Crippen LogP contribution is 2.32. The Morgan fingerprint density at radius 3 is 2.72 bits per heavy atom. The van der Waals surface area contributed by atoms with Crippen LogP contribution in [0.1, 0.15) is 18.4 Å². The number of benzene rings is 1. The van der Waals surface area contributed by atoms with Crippen molar-refractivity contribution >= 4 is 11.5 Å². The summed E-state index contributed by atoms with van der Waals surface area (Å²) in [7, 11) is 0. The Bertz CT molecular complexity index is 860. The van der Waals surface area contributed by atoms with E-state index in [1.54, 1.807) is 18.2 Å². The summed E-state index contributed by atoms with van der Waals surface area (Å²) in [6.07, 6.45) is -1.41. The predicted molar refractivity (Wildman–Crippen MR) is 88.2 cm³/mol. The summed E-state index contributed by atoms with van der Waals surface area (Å²) >= 11 is 0. The van der Waals surface area contributed by atoms with Crippen LogP contribution >= 0.6 is 0 Å². The van der Waals surface area contributed by atoms with Gasteiger partial charge in [-0.2, -0.15) is 13.2 Å². The molecule has 0 aliphatic heterocycles. The molecule has 25 heavy (non-hydrogen) atoms. The van der Waals surface area contributed by atoms with Gasteiger partial charge in [0.2, 0.25) is 0 Å². The molecular formula is C17H17F3N4O. The second-order valence-electron chi connectivity index (χ2n) is 5.57. The average Bonchev–Trinajstić information content (AvgIpc) is 3.01. The Morgan fingerprint density at radius 1 is 1.12 bits per heavy atom. The summed E-state index contributed by atoms with van der Waals surface area (Å²) < 4.78 is 40.3. The van der Waals surface area contributed by atoms with Crippen LogP contribution in [0.4, 0.5) is 19.0 Å². The lowest BCUT2D eigenvalue weighted by Gasteiger charge is -2.09. The third-order valence-corrected chi connectivity index (χ3v) is 3.74. The van der Waals surface area contributed by atoms with Crippen LogP contribution in [0.25, 0.3) is 16.9 Å². The Balaban J connectivity index is 1.92. The molecule has 0 aliphatic carbocycles. The number of aliphatic hydroxyl groups is 1. The van der Waals surface area contributed by atoms with E-state index in [9.17, 15) is 13.2 Å². The monoisotopic (exact) mass is 350 g/mol. The molecule has 3 aromatic rings. The minimum atomic E-state index is -4.40. The number of rotatable bonds is 6. The number of fused-ring (bicyclic) bond motifs is 1. The average molecular weight is 350 g/mol. The van der Waals surface area contributed by atoms with Gasteiger partial charge in [0.25, 0.3) is 0 Å². The smallest absolute Gasteiger partial charge is 0.396 e. The first-order chi connectivity index (χ1) is 12.0. The summed E-state index contributed by atoms with van der Waals surface area (Å²) in [5, 5.41) is 16.3. The molecule has 0 atom stereocenters. The molecule has 0 unspecified atom stereocenters. The maximum Gasteiger partial charge on any atom is 0.416 e. The summed E-state index contributed by atoms with van der Waals surface area (Å²) in [6, 6.07) is 8.60. The van der Waals surface area contributed by atoms with Crippen molar-refractivity contribution < 1.29 is 18.3 Å². The molecule has 1 aromatic carbocycles. The van der Waals surface area contributed by atoms with E-state index in [-0.39, 0.29) is 6.61 Å². The van der Waals surface area contributed by atoms with Crippen molar-refractivity contribution in [2.45, 2.75) is 19.0 Å². The second kappa shape index (κ2) is 7.10. The number of hydrogen-bond acceptors (Lipinski definition) is 4. The topological polar surface area (TPSA) is 62.5 Å². The number of anilines is 1. The molecule has 8 heteroatoms. The van der Waals surface area contributed by atoms with Gasteiger partial charge in [0, 0.05) is 18.7 Å². The van der Waals surface area contributed by atoms with Crippen LogP contribution in [-0.2, 0) is 6.18 Å². The molecule has 3 rings (SSSR count). The van der Waals surface area contributed by atoms with Gasteiger partial charge in [-0.15, -0.1) is 5.10 Å². The molecule has 0 saturated heterocycles. The van der Waals surface area contributed by atoms with Crippen molar-refractivity contribution in [3.63, 3.8) is 0 Å². The minimum absolute atomic E-state index is 0.134. The molecule has 2 aromatic heterocycles. The number of alkyl halides is 3. The fourth-order valence-electron chi connectivity index (χ4n) is 2.47.